The molecule has 19 heavy (non-hydrogen) atoms. The van der Waals surface area contributed by atoms with Gasteiger partial charge >= 0.3 is 0 Å². The van der Waals surface area contributed by atoms with Crippen LogP contribution < -0.4 is 5.73 Å². The van der Waals surface area contributed by atoms with Gasteiger partial charge < -0.3 is 5.73 Å². The molecule has 100 valence electrons. The zero-order chi connectivity index (χ0) is 14.0. The van der Waals surface area contributed by atoms with Crippen LogP contribution in [-0.4, -0.2) is 0 Å². The van der Waals surface area contributed by atoms with E-state index in [1.165, 1.54) is 0 Å². The molecule has 0 aliphatic rings. The lowest BCUT2D eigenvalue weighted by molar-refractivity contribution is 0.722. The predicted molar refractivity (Wildman–Crippen MR) is 83.6 cm³/mol. The Bertz CT molecular complexity index is 578. The van der Waals surface area contributed by atoms with E-state index in [-0.39, 0.29) is 6.04 Å². The zero-order valence-electron chi connectivity index (χ0n) is 9.84. The van der Waals surface area contributed by atoms with Gasteiger partial charge in [0.15, 0.2) is 0 Å². The third kappa shape index (κ3) is 4.01. The number of rotatable bonds is 3. The van der Waals surface area contributed by atoms with Crippen LogP contribution in [0.4, 0.5) is 0 Å². The first kappa shape index (κ1) is 15.0. The Labute approximate surface area is 132 Å². The van der Waals surface area contributed by atoms with Gasteiger partial charge in [0.1, 0.15) is 0 Å². The largest absolute Gasteiger partial charge is 0.324 e. The van der Waals surface area contributed by atoms with E-state index in [0.29, 0.717) is 26.5 Å². The van der Waals surface area contributed by atoms with Crippen LogP contribution in [0.2, 0.25) is 20.1 Å². The first-order valence-corrected chi connectivity index (χ1v) is 7.12. The van der Waals surface area contributed by atoms with Crippen molar-refractivity contribution in [3.8, 4) is 0 Å². The Balaban J connectivity index is 2.25. The van der Waals surface area contributed by atoms with Gasteiger partial charge in [-0.25, -0.2) is 0 Å². The van der Waals surface area contributed by atoms with Gasteiger partial charge in [0, 0.05) is 26.1 Å². The summed E-state index contributed by atoms with van der Waals surface area (Å²) in [6.45, 7) is 0. The van der Waals surface area contributed by atoms with Crippen LogP contribution in [0.5, 0.6) is 0 Å². The summed E-state index contributed by atoms with van der Waals surface area (Å²) in [5.41, 5.74) is 7.93. The third-order valence-corrected chi connectivity index (χ3v) is 3.80. The summed E-state index contributed by atoms with van der Waals surface area (Å²) in [7, 11) is 0. The minimum absolute atomic E-state index is 0.243. The fourth-order valence-electron chi connectivity index (χ4n) is 1.84. The van der Waals surface area contributed by atoms with Crippen molar-refractivity contribution < 1.29 is 0 Å². The number of benzene rings is 2. The van der Waals surface area contributed by atoms with E-state index in [4.69, 9.17) is 52.1 Å². The van der Waals surface area contributed by atoms with Crippen molar-refractivity contribution in [2.24, 2.45) is 5.73 Å². The van der Waals surface area contributed by atoms with E-state index in [0.717, 1.165) is 11.1 Å². The molecule has 0 saturated carbocycles. The van der Waals surface area contributed by atoms with Crippen molar-refractivity contribution in [1.29, 1.82) is 0 Å². The maximum atomic E-state index is 6.16. The van der Waals surface area contributed by atoms with Gasteiger partial charge in [-0.05, 0) is 53.9 Å². The maximum absolute atomic E-state index is 6.16. The summed E-state index contributed by atoms with van der Waals surface area (Å²) in [5.74, 6) is 0. The summed E-state index contributed by atoms with van der Waals surface area (Å²) >= 11 is 24.0. The van der Waals surface area contributed by atoms with Crippen LogP contribution in [0.15, 0.2) is 36.4 Å². The van der Waals surface area contributed by atoms with Gasteiger partial charge in [0.2, 0.25) is 0 Å². The van der Waals surface area contributed by atoms with Gasteiger partial charge in [0.25, 0.3) is 0 Å². The molecule has 0 aromatic heterocycles. The second-order valence-corrected chi connectivity index (χ2v) is 5.97. The van der Waals surface area contributed by atoms with Gasteiger partial charge in [-0.2, -0.15) is 0 Å². The second kappa shape index (κ2) is 6.34. The van der Waals surface area contributed by atoms with Gasteiger partial charge in [0.05, 0.1) is 0 Å². The van der Waals surface area contributed by atoms with E-state index in [1.54, 1.807) is 30.3 Å². The molecule has 1 nitrogen and oxygen atoms in total. The van der Waals surface area contributed by atoms with Crippen LogP contribution in [0.1, 0.15) is 17.2 Å². The second-order valence-electron chi connectivity index (χ2n) is 4.25. The zero-order valence-corrected chi connectivity index (χ0v) is 12.9. The fourth-order valence-corrected chi connectivity index (χ4v) is 2.78. The molecular formula is C14H11Cl4N. The summed E-state index contributed by atoms with van der Waals surface area (Å²) in [6.07, 6.45) is 0.566. The lowest BCUT2D eigenvalue weighted by atomic mass is 10.00. The number of nitrogens with two attached hydrogens (primary N) is 1. The lowest BCUT2D eigenvalue weighted by Crippen LogP contribution is -2.13. The third-order valence-electron chi connectivity index (χ3n) is 2.76. The molecule has 1 atom stereocenters. The summed E-state index contributed by atoms with van der Waals surface area (Å²) in [4.78, 5) is 0. The van der Waals surface area contributed by atoms with Gasteiger partial charge in [-0.15, -0.1) is 0 Å². The quantitative estimate of drug-likeness (QED) is 0.783. The highest BCUT2D eigenvalue weighted by Gasteiger charge is 2.11. The topological polar surface area (TPSA) is 26.0 Å². The van der Waals surface area contributed by atoms with Crippen LogP contribution >= 0.6 is 46.4 Å². The minimum atomic E-state index is -0.243. The fraction of sp³-hybridized carbons (Fsp3) is 0.143. The highest BCUT2D eigenvalue weighted by molar-refractivity contribution is 6.34. The molecule has 2 N–H and O–H groups in total. The van der Waals surface area contributed by atoms with Crippen molar-refractivity contribution in [2.75, 3.05) is 0 Å². The summed E-state index contributed by atoms with van der Waals surface area (Å²) in [5, 5.41) is 2.41. The summed E-state index contributed by atoms with van der Waals surface area (Å²) in [6, 6.07) is 10.4. The highest BCUT2D eigenvalue weighted by atomic mass is 35.5. The Morgan fingerprint density at radius 2 is 1.47 bits per heavy atom. The Morgan fingerprint density at radius 1 is 0.842 bits per heavy atom. The molecule has 2 rings (SSSR count). The van der Waals surface area contributed by atoms with Crippen LogP contribution in [0, 0.1) is 0 Å². The van der Waals surface area contributed by atoms with Crippen molar-refractivity contribution in [1.82, 2.24) is 0 Å². The SMILES string of the molecule is NC(Cc1cc(Cl)ccc1Cl)c1cc(Cl)cc(Cl)c1. The van der Waals surface area contributed by atoms with Gasteiger partial charge in [-0.1, -0.05) is 46.4 Å². The van der Waals surface area contributed by atoms with Crippen LogP contribution in [0.25, 0.3) is 0 Å². The lowest BCUT2D eigenvalue weighted by Gasteiger charge is -2.14. The Kier molecular flexibility index (Phi) is 4.99. The van der Waals surface area contributed by atoms with Crippen molar-refractivity contribution in [3.05, 3.63) is 67.6 Å². The molecule has 0 aliphatic carbocycles. The maximum Gasteiger partial charge on any atom is 0.0439 e. The van der Waals surface area contributed by atoms with E-state index < -0.39 is 0 Å². The van der Waals surface area contributed by atoms with Crippen molar-refractivity contribution >= 4 is 46.4 Å². The number of hydrogen-bond acceptors (Lipinski definition) is 1. The molecule has 0 amide bonds. The minimum Gasteiger partial charge on any atom is -0.324 e. The molecule has 5 heteroatoms. The smallest absolute Gasteiger partial charge is 0.0439 e. The Hall–Kier alpha value is -0.440. The van der Waals surface area contributed by atoms with E-state index in [2.05, 4.69) is 0 Å². The molecule has 0 bridgehead atoms. The number of hydrogen-bond donors (Lipinski definition) is 1. The molecular weight excluding hydrogens is 324 g/mol. The molecule has 0 spiro atoms. The number of halogens is 4. The molecule has 2 aromatic rings. The average Bonchev–Trinajstić information content (AvgIpc) is 2.32. The summed E-state index contributed by atoms with van der Waals surface area (Å²) < 4.78 is 0. The first-order chi connectivity index (χ1) is 8.95. The highest BCUT2D eigenvalue weighted by Crippen LogP contribution is 2.28. The standard InChI is InChI=1S/C14H11Cl4N/c15-10-1-2-13(18)8(3-10)6-14(19)9-4-11(16)7-12(17)5-9/h1-5,7,14H,6,19H2. The van der Waals surface area contributed by atoms with Crippen LogP contribution in [0.3, 0.4) is 0 Å². The van der Waals surface area contributed by atoms with E-state index in [1.807, 2.05) is 6.07 Å². The predicted octanol–water partition coefficient (Wildman–Crippen LogP) is 5.54. The average molecular weight is 335 g/mol. The van der Waals surface area contributed by atoms with Crippen molar-refractivity contribution in [3.63, 3.8) is 0 Å². The monoisotopic (exact) mass is 333 g/mol. The molecule has 0 heterocycles. The molecule has 0 aliphatic heterocycles. The van der Waals surface area contributed by atoms with Crippen LogP contribution in [-0.2, 0) is 6.42 Å². The van der Waals surface area contributed by atoms with Crippen molar-refractivity contribution in [2.45, 2.75) is 12.5 Å². The van der Waals surface area contributed by atoms with E-state index in [9.17, 15) is 0 Å². The normalized spacial score (nSPS) is 12.5. The molecule has 1 unspecified atom stereocenters. The van der Waals surface area contributed by atoms with E-state index >= 15 is 0 Å². The molecule has 0 saturated heterocycles. The van der Waals surface area contributed by atoms with Gasteiger partial charge in [-0.3, -0.25) is 0 Å². The molecule has 0 fully saturated rings. The molecule has 0 radical (unpaired) electrons. The Morgan fingerprint density at radius 3 is 2.11 bits per heavy atom. The molecule has 2 aromatic carbocycles. The first-order valence-electron chi connectivity index (χ1n) is 5.61.